The molecule has 5 aromatic carbocycles. The van der Waals surface area contributed by atoms with Crippen LogP contribution in [0.25, 0.3) is 44.2 Å². The summed E-state index contributed by atoms with van der Waals surface area (Å²) < 4.78 is 18.9. The number of para-hydroxylation sites is 1. The molecule has 0 aliphatic heterocycles. The van der Waals surface area contributed by atoms with Gasteiger partial charge in [-0.05, 0) is 76.5 Å². The van der Waals surface area contributed by atoms with Gasteiger partial charge in [0.05, 0.1) is 29.6 Å². The zero-order valence-corrected chi connectivity index (χ0v) is 22.7. The first-order chi connectivity index (χ1) is 20.7. The number of furan rings is 1. The van der Waals surface area contributed by atoms with Crippen molar-refractivity contribution in [2.75, 3.05) is 7.11 Å². The second kappa shape index (κ2) is 10.7. The molecule has 0 saturated carbocycles. The first-order valence-electron chi connectivity index (χ1n) is 13.5. The standard InChI is InChI=1S/C35H25N3O4/c1-40-31-14-7-15-32-29(31)20-33(42-32)34-37-30-13-5-4-12-28(30)35(39)38(34)36-21-23-16-18-26(19-17-23)41-22-25-10-6-9-24-8-2-3-11-27(24)25/h2-21H,22H2,1H3. The smallest absolute Gasteiger partial charge is 0.282 e. The summed E-state index contributed by atoms with van der Waals surface area (Å²) in [5.74, 6) is 2.11. The molecule has 0 spiro atoms. The van der Waals surface area contributed by atoms with E-state index in [9.17, 15) is 4.79 Å². The van der Waals surface area contributed by atoms with E-state index in [0.717, 1.165) is 22.3 Å². The molecule has 0 unspecified atom stereocenters. The third kappa shape index (κ3) is 4.67. The van der Waals surface area contributed by atoms with Crippen LogP contribution in [-0.4, -0.2) is 23.0 Å². The summed E-state index contributed by atoms with van der Waals surface area (Å²) in [6, 6.07) is 36.6. The summed E-state index contributed by atoms with van der Waals surface area (Å²) in [7, 11) is 1.61. The molecular weight excluding hydrogens is 526 g/mol. The number of ether oxygens (including phenoxy) is 2. The maximum atomic E-state index is 13.6. The van der Waals surface area contributed by atoms with Gasteiger partial charge in [-0.25, -0.2) is 4.98 Å². The van der Waals surface area contributed by atoms with Crippen LogP contribution < -0.4 is 15.0 Å². The van der Waals surface area contributed by atoms with Gasteiger partial charge in [0.2, 0.25) is 5.82 Å². The van der Waals surface area contributed by atoms with Crippen LogP contribution in [0.1, 0.15) is 11.1 Å². The van der Waals surface area contributed by atoms with Crippen LogP contribution >= 0.6 is 0 Å². The molecule has 7 aromatic rings. The number of fused-ring (bicyclic) bond motifs is 3. The van der Waals surface area contributed by atoms with Gasteiger partial charge < -0.3 is 13.9 Å². The van der Waals surface area contributed by atoms with Gasteiger partial charge >= 0.3 is 0 Å². The maximum absolute atomic E-state index is 13.6. The van der Waals surface area contributed by atoms with Crippen LogP contribution in [0.5, 0.6) is 11.5 Å². The fraction of sp³-hybridized carbons (Fsp3) is 0.0571. The molecule has 0 atom stereocenters. The lowest BCUT2D eigenvalue weighted by Crippen LogP contribution is -2.20. The first kappa shape index (κ1) is 25.3. The lowest BCUT2D eigenvalue weighted by molar-refractivity contribution is 0.307. The van der Waals surface area contributed by atoms with Crippen molar-refractivity contribution in [3.05, 3.63) is 137 Å². The lowest BCUT2D eigenvalue weighted by Gasteiger charge is -2.09. The van der Waals surface area contributed by atoms with Crippen LogP contribution in [0.2, 0.25) is 0 Å². The second-order valence-electron chi connectivity index (χ2n) is 9.79. The van der Waals surface area contributed by atoms with Crippen LogP contribution in [0.3, 0.4) is 0 Å². The van der Waals surface area contributed by atoms with Gasteiger partial charge in [0.1, 0.15) is 23.7 Å². The summed E-state index contributed by atoms with van der Waals surface area (Å²) >= 11 is 0. The van der Waals surface area contributed by atoms with Crippen LogP contribution in [-0.2, 0) is 6.61 Å². The SMILES string of the molecule is COc1cccc2oc(-c3nc4ccccc4c(=O)n3N=Cc3ccc(OCc4cccc5ccccc45)cc3)cc12. The Bertz CT molecular complexity index is 2160. The summed E-state index contributed by atoms with van der Waals surface area (Å²) in [5, 5.41) is 8.17. The van der Waals surface area contributed by atoms with Crippen LogP contribution in [0, 0.1) is 0 Å². The lowest BCUT2D eigenvalue weighted by atomic mass is 10.1. The minimum Gasteiger partial charge on any atom is -0.496 e. The zero-order valence-electron chi connectivity index (χ0n) is 22.7. The number of nitrogens with zero attached hydrogens (tertiary/aromatic N) is 3. The van der Waals surface area contributed by atoms with Crippen LogP contribution in [0.15, 0.2) is 130 Å². The van der Waals surface area contributed by atoms with Gasteiger partial charge in [0, 0.05) is 0 Å². The molecule has 0 radical (unpaired) electrons. The molecule has 7 rings (SSSR count). The third-order valence-corrected chi connectivity index (χ3v) is 7.19. The molecule has 0 aliphatic carbocycles. The Hall–Kier alpha value is -5.69. The van der Waals surface area contributed by atoms with Gasteiger partial charge in [0.25, 0.3) is 5.56 Å². The van der Waals surface area contributed by atoms with E-state index in [1.54, 1.807) is 25.5 Å². The predicted octanol–water partition coefficient (Wildman–Crippen LogP) is 7.43. The molecule has 0 bridgehead atoms. The van der Waals surface area contributed by atoms with Crippen molar-refractivity contribution in [2.24, 2.45) is 5.10 Å². The monoisotopic (exact) mass is 551 g/mol. The molecule has 0 N–H and O–H groups in total. The highest BCUT2D eigenvalue weighted by Gasteiger charge is 2.18. The average molecular weight is 552 g/mol. The highest BCUT2D eigenvalue weighted by Crippen LogP contribution is 2.33. The topological polar surface area (TPSA) is 78.9 Å². The van der Waals surface area contributed by atoms with Crippen molar-refractivity contribution < 1.29 is 13.9 Å². The first-order valence-corrected chi connectivity index (χ1v) is 13.5. The van der Waals surface area contributed by atoms with Gasteiger partial charge in [-0.2, -0.15) is 9.78 Å². The van der Waals surface area contributed by atoms with Gasteiger partial charge in [0.15, 0.2) is 5.76 Å². The number of aromatic nitrogens is 2. The molecule has 7 heteroatoms. The van der Waals surface area contributed by atoms with Crippen molar-refractivity contribution in [1.82, 2.24) is 9.66 Å². The Morgan fingerprint density at radius 1 is 0.833 bits per heavy atom. The molecule has 2 heterocycles. The molecule has 7 nitrogen and oxygen atoms in total. The summed E-state index contributed by atoms with van der Waals surface area (Å²) in [6.45, 7) is 0.457. The highest BCUT2D eigenvalue weighted by atomic mass is 16.5. The molecule has 204 valence electrons. The zero-order chi connectivity index (χ0) is 28.5. The van der Waals surface area contributed by atoms with E-state index in [-0.39, 0.29) is 5.56 Å². The Balaban J connectivity index is 1.20. The average Bonchev–Trinajstić information content (AvgIpc) is 3.48. The Morgan fingerprint density at radius 3 is 2.45 bits per heavy atom. The van der Waals surface area contributed by atoms with Gasteiger partial charge in [-0.15, -0.1) is 0 Å². The number of hydrogen-bond acceptors (Lipinski definition) is 6. The maximum Gasteiger partial charge on any atom is 0.282 e. The molecule has 42 heavy (non-hydrogen) atoms. The molecule has 0 saturated heterocycles. The third-order valence-electron chi connectivity index (χ3n) is 7.19. The minimum atomic E-state index is -0.297. The fourth-order valence-corrected chi connectivity index (χ4v) is 5.07. The van der Waals surface area contributed by atoms with E-state index < -0.39 is 0 Å². The second-order valence-corrected chi connectivity index (χ2v) is 9.79. The van der Waals surface area contributed by atoms with E-state index in [1.165, 1.54) is 15.4 Å². The number of hydrogen-bond donors (Lipinski definition) is 0. The number of rotatable bonds is 7. The van der Waals surface area contributed by atoms with E-state index in [2.05, 4.69) is 29.4 Å². The van der Waals surface area contributed by atoms with E-state index in [1.807, 2.05) is 78.9 Å². The molecule has 0 fully saturated rings. The number of methoxy groups -OCH3 is 1. The molecular formula is C35H25N3O4. The van der Waals surface area contributed by atoms with E-state index in [0.29, 0.717) is 40.4 Å². The van der Waals surface area contributed by atoms with Crippen molar-refractivity contribution in [1.29, 1.82) is 0 Å². The van der Waals surface area contributed by atoms with Crippen molar-refractivity contribution >= 4 is 38.9 Å². The van der Waals surface area contributed by atoms with E-state index in [4.69, 9.17) is 18.9 Å². The van der Waals surface area contributed by atoms with E-state index >= 15 is 0 Å². The minimum absolute atomic E-state index is 0.295. The van der Waals surface area contributed by atoms with Crippen molar-refractivity contribution in [3.8, 4) is 23.1 Å². The summed E-state index contributed by atoms with van der Waals surface area (Å²) in [5.41, 5.74) is 2.81. The summed E-state index contributed by atoms with van der Waals surface area (Å²) in [6.07, 6.45) is 1.62. The van der Waals surface area contributed by atoms with Crippen molar-refractivity contribution in [2.45, 2.75) is 6.61 Å². The molecule has 2 aromatic heterocycles. The van der Waals surface area contributed by atoms with Gasteiger partial charge in [-0.3, -0.25) is 4.79 Å². The predicted molar refractivity (Wildman–Crippen MR) is 165 cm³/mol. The Kier molecular flexibility index (Phi) is 6.45. The molecule has 0 aliphatic rings. The Morgan fingerprint density at radius 2 is 1.60 bits per heavy atom. The molecule has 0 amide bonds. The Labute approximate surface area is 240 Å². The van der Waals surface area contributed by atoms with Gasteiger partial charge in [-0.1, -0.05) is 60.7 Å². The largest absolute Gasteiger partial charge is 0.496 e. The van der Waals surface area contributed by atoms with Crippen LogP contribution in [0.4, 0.5) is 0 Å². The quantitative estimate of drug-likeness (QED) is 0.193. The number of benzene rings is 5. The normalized spacial score (nSPS) is 11.5. The summed E-state index contributed by atoms with van der Waals surface area (Å²) in [4.78, 5) is 18.3. The fourth-order valence-electron chi connectivity index (χ4n) is 5.07. The van der Waals surface area contributed by atoms with Crippen molar-refractivity contribution in [3.63, 3.8) is 0 Å². The highest BCUT2D eigenvalue weighted by molar-refractivity contribution is 5.89.